The van der Waals surface area contributed by atoms with Gasteiger partial charge in [-0.05, 0) is 0 Å². The standard InChI is InChI=1S/C18H23N5O5/c19-6-1-11-24-16(17(25-12-2-7-20)26-13-3-8-21)18(27-14-4-9-22)28-15-5-10-23/h16-18H,1-5,11-15H2. The zero-order valence-corrected chi connectivity index (χ0v) is 15.6. The predicted molar refractivity (Wildman–Crippen MR) is 92.3 cm³/mol. The van der Waals surface area contributed by atoms with Gasteiger partial charge < -0.3 is 23.7 Å². The van der Waals surface area contributed by atoms with E-state index in [0.29, 0.717) is 0 Å². The van der Waals surface area contributed by atoms with Crippen LogP contribution in [0.4, 0.5) is 0 Å². The molecule has 0 aliphatic rings. The van der Waals surface area contributed by atoms with Gasteiger partial charge in [0, 0.05) is 0 Å². The third-order valence-corrected chi connectivity index (χ3v) is 3.04. The molecule has 0 saturated carbocycles. The molecular formula is C18H23N5O5. The lowest BCUT2D eigenvalue weighted by atomic mass is 10.3. The van der Waals surface area contributed by atoms with E-state index in [1.165, 1.54) is 0 Å². The molecule has 0 atom stereocenters. The largest absolute Gasteiger partial charge is 0.366 e. The number of hydrogen-bond acceptors (Lipinski definition) is 10. The van der Waals surface area contributed by atoms with Gasteiger partial charge in [0.1, 0.15) is 0 Å². The average molecular weight is 389 g/mol. The molecular weight excluding hydrogens is 366 g/mol. The molecule has 0 rings (SSSR count). The summed E-state index contributed by atoms with van der Waals surface area (Å²) < 4.78 is 27.9. The molecule has 0 saturated heterocycles. The quantitative estimate of drug-likeness (QED) is 0.264. The van der Waals surface area contributed by atoms with E-state index in [1.807, 2.05) is 30.3 Å². The van der Waals surface area contributed by atoms with Crippen molar-refractivity contribution < 1.29 is 23.7 Å². The summed E-state index contributed by atoms with van der Waals surface area (Å²) in [6.45, 7) is 0.244. The molecule has 0 amide bonds. The van der Waals surface area contributed by atoms with Gasteiger partial charge in [-0.1, -0.05) is 0 Å². The van der Waals surface area contributed by atoms with Crippen molar-refractivity contribution in [3.8, 4) is 30.3 Å². The van der Waals surface area contributed by atoms with Crippen LogP contribution in [-0.2, 0) is 23.7 Å². The van der Waals surface area contributed by atoms with Crippen LogP contribution in [0.2, 0.25) is 0 Å². The van der Waals surface area contributed by atoms with E-state index in [4.69, 9.17) is 50.0 Å². The predicted octanol–water partition coefficient (Wildman–Crippen LogP) is 1.66. The summed E-state index contributed by atoms with van der Waals surface area (Å²) in [6.07, 6.45) is -2.48. The summed E-state index contributed by atoms with van der Waals surface area (Å²) in [5.41, 5.74) is 0. The zero-order valence-electron chi connectivity index (χ0n) is 15.6. The zero-order chi connectivity index (χ0) is 20.9. The van der Waals surface area contributed by atoms with E-state index in [-0.39, 0.29) is 65.1 Å². The molecule has 0 aromatic carbocycles. The van der Waals surface area contributed by atoms with Crippen molar-refractivity contribution in [1.29, 1.82) is 26.3 Å². The topological polar surface area (TPSA) is 165 Å². The number of nitriles is 5. The van der Waals surface area contributed by atoms with Gasteiger partial charge in [-0.2, -0.15) is 26.3 Å². The Morgan fingerprint density at radius 3 is 0.929 bits per heavy atom. The molecule has 0 heterocycles. The van der Waals surface area contributed by atoms with E-state index in [9.17, 15) is 0 Å². The molecule has 10 nitrogen and oxygen atoms in total. The van der Waals surface area contributed by atoms with Crippen LogP contribution in [0.25, 0.3) is 0 Å². The Hall–Kier alpha value is -2.75. The summed E-state index contributed by atoms with van der Waals surface area (Å²) >= 11 is 0. The maximum Gasteiger partial charge on any atom is 0.188 e. The van der Waals surface area contributed by atoms with Crippen molar-refractivity contribution in [2.45, 2.75) is 50.8 Å². The van der Waals surface area contributed by atoms with Gasteiger partial charge >= 0.3 is 0 Å². The lowest BCUT2D eigenvalue weighted by molar-refractivity contribution is -0.283. The fourth-order valence-corrected chi connectivity index (χ4v) is 1.88. The number of ether oxygens (including phenoxy) is 5. The molecule has 0 aromatic heterocycles. The Bertz CT molecular complexity index is 526. The average Bonchev–Trinajstić information content (AvgIpc) is 2.70. The summed E-state index contributed by atoms with van der Waals surface area (Å²) in [7, 11) is 0. The fraction of sp³-hybridized carbons (Fsp3) is 0.722. The Kier molecular flexibility index (Phi) is 17.2. The molecule has 0 unspecified atom stereocenters. The Balaban J connectivity index is 5.33. The van der Waals surface area contributed by atoms with Crippen LogP contribution < -0.4 is 0 Å². The minimum Gasteiger partial charge on any atom is -0.366 e. The lowest BCUT2D eigenvalue weighted by Gasteiger charge is -2.32. The van der Waals surface area contributed by atoms with Gasteiger partial charge in [0.2, 0.25) is 0 Å². The van der Waals surface area contributed by atoms with Gasteiger partial charge in [-0.25, -0.2) is 0 Å². The first-order valence-electron chi connectivity index (χ1n) is 8.67. The molecule has 0 aliphatic heterocycles. The highest BCUT2D eigenvalue weighted by molar-refractivity contribution is 4.77. The Labute approximate surface area is 164 Å². The molecule has 0 bridgehead atoms. The molecule has 0 N–H and O–H groups in total. The fourth-order valence-electron chi connectivity index (χ4n) is 1.88. The third-order valence-electron chi connectivity index (χ3n) is 3.04. The summed E-state index contributed by atoms with van der Waals surface area (Å²) in [4.78, 5) is 0. The second kappa shape index (κ2) is 19.0. The van der Waals surface area contributed by atoms with Crippen molar-refractivity contribution >= 4 is 0 Å². The summed E-state index contributed by atoms with van der Waals surface area (Å²) in [5.74, 6) is 0. The molecule has 0 aliphatic carbocycles. The smallest absolute Gasteiger partial charge is 0.188 e. The second-order valence-electron chi connectivity index (χ2n) is 5.10. The first-order chi connectivity index (χ1) is 13.7. The van der Waals surface area contributed by atoms with Crippen LogP contribution >= 0.6 is 0 Å². The van der Waals surface area contributed by atoms with E-state index < -0.39 is 18.7 Å². The molecule has 0 aromatic rings. The summed E-state index contributed by atoms with van der Waals surface area (Å²) in [6, 6.07) is 9.72. The molecule has 0 radical (unpaired) electrons. The molecule has 28 heavy (non-hydrogen) atoms. The van der Waals surface area contributed by atoms with Gasteiger partial charge in [0.05, 0.1) is 95.5 Å². The van der Waals surface area contributed by atoms with Gasteiger partial charge in [0.15, 0.2) is 18.7 Å². The van der Waals surface area contributed by atoms with E-state index in [0.717, 1.165) is 0 Å². The summed E-state index contributed by atoms with van der Waals surface area (Å²) in [5, 5.41) is 43.6. The highest BCUT2D eigenvalue weighted by Gasteiger charge is 2.34. The van der Waals surface area contributed by atoms with Crippen LogP contribution in [-0.4, -0.2) is 51.7 Å². The van der Waals surface area contributed by atoms with Crippen LogP contribution in [0, 0.1) is 56.7 Å². The minimum absolute atomic E-state index is 0.0423. The highest BCUT2D eigenvalue weighted by atomic mass is 16.7. The Morgan fingerprint density at radius 1 is 0.429 bits per heavy atom. The van der Waals surface area contributed by atoms with Crippen molar-refractivity contribution in [3.63, 3.8) is 0 Å². The van der Waals surface area contributed by atoms with E-state index in [2.05, 4.69) is 0 Å². The van der Waals surface area contributed by atoms with Crippen LogP contribution in [0.5, 0.6) is 0 Å². The van der Waals surface area contributed by atoms with E-state index >= 15 is 0 Å². The minimum atomic E-state index is -1.03. The van der Waals surface area contributed by atoms with Gasteiger partial charge in [-0.15, -0.1) is 0 Å². The van der Waals surface area contributed by atoms with Crippen LogP contribution in [0.3, 0.4) is 0 Å². The van der Waals surface area contributed by atoms with Crippen molar-refractivity contribution in [2.75, 3.05) is 33.0 Å². The van der Waals surface area contributed by atoms with Crippen LogP contribution in [0.15, 0.2) is 0 Å². The third kappa shape index (κ3) is 12.6. The van der Waals surface area contributed by atoms with Gasteiger partial charge in [0.25, 0.3) is 0 Å². The highest BCUT2D eigenvalue weighted by Crippen LogP contribution is 2.17. The van der Waals surface area contributed by atoms with Crippen LogP contribution in [0.1, 0.15) is 32.1 Å². The molecule has 10 heteroatoms. The maximum absolute atomic E-state index is 8.75. The normalized spacial score (nSPS) is 10.2. The number of nitrogens with zero attached hydrogens (tertiary/aromatic N) is 5. The SMILES string of the molecule is N#CCCOC(OCCC#N)C(OCCC#N)C(OCCC#N)OCCC#N. The maximum atomic E-state index is 8.75. The first kappa shape index (κ1) is 25.2. The molecule has 150 valence electrons. The van der Waals surface area contributed by atoms with E-state index in [1.54, 1.807) is 0 Å². The van der Waals surface area contributed by atoms with Crippen molar-refractivity contribution in [1.82, 2.24) is 0 Å². The monoisotopic (exact) mass is 389 g/mol. The number of hydrogen-bond donors (Lipinski definition) is 0. The number of rotatable bonds is 17. The van der Waals surface area contributed by atoms with Crippen molar-refractivity contribution in [3.05, 3.63) is 0 Å². The molecule has 0 fully saturated rings. The first-order valence-corrected chi connectivity index (χ1v) is 8.67. The van der Waals surface area contributed by atoms with Gasteiger partial charge in [-0.3, -0.25) is 0 Å². The lowest BCUT2D eigenvalue weighted by Crippen LogP contribution is -2.46. The van der Waals surface area contributed by atoms with Crippen molar-refractivity contribution in [2.24, 2.45) is 0 Å². The molecule has 0 spiro atoms. The second-order valence-corrected chi connectivity index (χ2v) is 5.10. The Morgan fingerprint density at radius 2 is 0.679 bits per heavy atom.